The van der Waals surface area contributed by atoms with E-state index in [1.54, 1.807) is 0 Å². The first-order valence-corrected chi connectivity index (χ1v) is 10.4. The van der Waals surface area contributed by atoms with Gasteiger partial charge in [-0.05, 0) is 37.6 Å². The fourth-order valence-electron chi connectivity index (χ4n) is 4.68. The number of benzene rings is 2. The average Bonchev–Trinajstić information content (AvgIpc) is 3.45. The number of ether oxygens (including phenoxy) is 2. The largest absolute Gasteiger partial charge is 0.360 e. The van der Waals surface area contributed by atoms with Gasteiger partial charge in [0.2, 0.25) is 0 Å². The molecule has 29 heavy (non-hydrogen) atoms. The highest BCUT2D eigenvalue weighted by molar-refractivity contribution is 6.10. The molecule has 0 saturated carbocycles. The molecule has 5 nitrogen and oxygen atoms in total. The number of hydrogen-bond acceptors (Lipinski definition) is 4. The van der Waals surface area contributed by atoms with Crippen LogP contribution in [-0.4, -0.2) is 48.3 Å². The molecule has 5 heteroatoms. The summed E-state index contributed by atoms with van der Waals surface area (Å²) in [6.45, 7) is 3.11. The summed E-state index contributed by atoms with van der Waals surface area (Å²) >= 11 is 0. The number of carbonyl (C=O) groups is 1. The van der Waals surface area contributed by atoms with Crippen LogP contribution in [0.1, 0.15) is 34.8 Å². The minimum atomic E-state index is -0.276. The third kappa shape index (κ3) is 3.62. The van der Waals surface area contributed by atoms with Crippen molar-refractivity contribution < 1.29 is 14.3 Å². The highest BCUT2D eigenvalue weighted by atomic mass is 16.7. The molecule has 3 aromatic rings. The van der Waals surface area contributed by atoms with Crippen molar-refractivity contribution in [2.45, 2.75) is 25.2 Å². The minimum absolute atomic E-state index is 0.0726. The van der Waals surface area contributed by atoms with E-state index in [0.29, 0.717) is 19.1 Å². The van der Waals surface area contributed by atoms with Gasteiger partial charge in [0.15, 0.2) is 12.1 Å². The third-order valence-electron chi connectivity index (χ3n) is 6.19. The number of Topliss-reactive ketones (excluding diaryl/α,β-unsaturated/α-hetero) is 1. The van der Waals surface area contributed by atoms with Gasteiger partial charge in [-0.25, -0.2) is 0 Å². The van der Waals surface area contributed by atoms with Crippen molar-refractivity contribution in [3.63, 3.8) is 0 Å². The molecule has 1 unspecified atom stereocenters. The van der Waals surface area contributed by atoms with E-state index in [0.717, 1.165) is 48.0 Å². The highest BCUT2D eigenvalue weighted by Gasteiger charge is 2.36. The van der Waals surface area contributed by atoms with Crippen LogP contribution in [0.25, 0.3) is 10.9 Å². The number of para-hydroxylation sites is 1. The molecule has 2 fully saturated rings. The molecule has 0 radical (unpaired) electrons. The Morgan fingerprint density at radius 3 is 2.41 bits per heavy atom. The van der Waals surface area contributed by atoms with Gasteiger partial charge in [0.25, 0.3) is 0 Å². The number of nitrogens with one attached hydrogen (secondary N) is 1. The lowest BCUT2D eigenvalue weighted by atomic mass is 9.90. The summed E-state index contributed by atoms with van der Waals surface area (Å²) in [7, 11) is 0. The lowest BCUT2D eigenvalue weighted by Gasteiger charge is -2.38. The van der Waals surface area contributed by atoms with Gasteiger partial charge >= 0.3 is 0 Å². The van der Waals surface area contributed by atoms with Crippen LogP contribution in [0.3, 0.4) is 0 Å². The van der Waals surface area contributed by atoms with Crippen molar-refractivity contribution >= 4 is 16.7 Å². The molecule has 0 aliphatic carbocycles. The van der Waals surface area contributed by atoms with E-state index in [2.05, 4.69) is 22.0 Å². The Morgan fingerprint density at radius 2 is 1.66 bits per heavy atom. The summed E-state index contributed by atoms with van der Waals surface area (Å²) in [5, 5.41) is 0.987. The summed E-state index contributed by atoms with van der Waals surface area (Å²) in [6.07, 6.45) is 3.75. The normalized spacial score (nSPS) is 20.3. The molecule has 2 saturated heterocycles. The minimum Gasteiger partial charge on any atom is -0.360 e. The Kier molecular flexibility index (Phi) is 5.19. The SMILES string of the molecule is O=C(c1c[nH]c2ccccc12)C(c1ccccc1)N1CCC(C2OCCO2)CC1. The van der Waals surface area contributed by atoms with Crippen molar-refractivity contribution in [3.05, 3.63) is 71.9 Å². The Morgan fingerprint density at radius 1 is 0.966 bits per heavy atom. The first-order valence-electron chi connectivity index (χ1n) is 10.4. The van der Waals surface area contributed by atoms with E-state index in [9.17, 15) is 4.79 Å². The first-order chi connectivity index (χ1) is 14.3. The molecular weight excluding hydrogens is 364 g/mol. The number of nitrogens with zero attached hydrogens (tertiary/aromatic N) is 1. The smallest absolute Gasteiger partial charge is 0.186 e. The Hall–Kier alpha value is -2.47. The number of piperidine rings is 1. The maximum atomic E-state index is 13.7. The summed E-state index contributed by atoms with van der Waals surface area (Å²) in [6, 6.07) is 17.9. The maximum Gasteiger partial charge on any atom is 0.186 e. The van der Waals surface area contributed by atoms with Gasteiger partial charge < -0.3 is 14.5 Å². The van der Waals surface area contributed by atoms with Crippen LogP contribution in [0.15, 0.2) is 60.8 Å². The maximum absolute atomic E-state index is 13.7. The molecule has 0 spiro atoms. The Balaban J connectivity index is 1.42. The van der Waals surface area contributed by atoms with E-state index in [1.807, 2.05) is 48.7 Å². The topological polar surface area (TPSA) is 54.6 Å². The lowest BCUT2D eigenvalue weighted by molar-refractivity contribution is -0.0987. The number of H-pyrrole nitrogens is 1. The van der Waals surface area contributed by atoms with Crippen molar-refractivity contribution in [1.82, 2.24) is 9.88 Å². The standard InChI is InChI=1S/C24H26N2O3/c27-23(20-16-25-21-9-5-4-8-19(20)21)22(17-6-2-1-3-7-17)26-12-10-18(11-13-26)24-28-14-15-29-24/h1-9,16,18,22,24-25H,10-15H2. The van der Waals surface area contributed by atoms with Crippen LogP contribution in [0.4, 0.5) is 0 Å². The van der Waals surface area contributed by atoms with Crippen molar-refractivity contribution in [3.8, 4) is 0 Å². The van der Waals surface area contributed by atoms with Crippen LogP contribution in [-0.2, 0) is 9.47 Å². The zero-order chi connectivity index (χ0) is 19.6. The second kappa shape index (κ2) is 8.11. The van der Waals surface area contributed by atoms with E-state index in [1.165, 1.54) is 0 Å². The highest BCUT2D eigenvalue weighted by Crippen LogP contribution is 2.34. The molecule has 5 rings (SSSR count). The van der Waals surface area contributed by atoms with Gasteiger partial charge in [0, 0.05) is 28.6 Å². The second-order valence-corrected chi connectivity index (χ2v) is 7.91. The number of fused-ring (bicyclic) bond motifs is 1. The fraction of sp³-hybridized carbons (Fsp3) is 0.375. The number of carbonyl (C=O) groups excluding carboxylic acids is 1. The van der Waals surface area contributed by atoms with Crippen LogP contribution in [0.5, 0.6) is 0 Å². The number of hydrogen-bond donors (Lipinski definition) is 1. The molecule has 3 heterocycles. The monoisotopic (exact) mass is 390 g/mol. The van der Waals surface area contributed by atoms with Crippen LogP contribution in [0.2, 0.25) is 0 Å². The summed E-state index contributed by atoms with van der Waals surface area (Å²) < 4.78 is 11.4. The van der Waals surface area contributed by atoms with Gasteiger partial charge in [-0.15, -0.1) is 0 Å². The predicted octanol–water partition coefficient (Wildman–Crippen LogP) is 4.18. The van der Waals surface area contributed by atoms with Crippen molar-refractivity contribution in [2.75, 3.05) is 26.3 Å². The summed E-state index contributed by atoms with van der Waals surface area (Å²) in [5.41, 5.74) is 2.81. The van der Waals surface area contributed by atoms with Crippen LogP contribution in [0, 0.1) is 5.92 Å². The number of ketones is 1. The second-order valence-electron chi connectivity index (χ2n) is 7.91. The molecule has 1 aromatic heterocycles. The Labute approximate surface area is 170 Å². The number of aromatic nitrogens is 1. The molecule has 2 aliphatic rings. The zero-order valence-electron chi connectivity index (χ0n) is 16.4. The number of rotatable bonds is 5. The number of aromatic amines is 1. The predicted molar refractivity (Wildman–Crippen MR) is 112 cm³/mol. The van der Waals surface area contributed by atoms with E-state index in [4.69, 9.17) is 9.47 Å². The molecule has 150 valence electrons. The number of likely N-dealkylation sites (tertiary alicyclic amines) is 1. The van der Waals surface area contributed by atoms with Gasteiger partial charge in [-0.2, -0.15) is 0 Å². The van der Waals surface area contributed by atoms with E-state index in [-0.39, 0.29) is 18.1 Å². The lowest BCUT2D eigenvalue weighted by Crippen LogP contribution is -2.42. The van der Waals surface area contributed by atoms with Gasteiger partial charge in [0.1, 0.15) is 0 Å². The molecule has 0 amide bonds. The van der Waals surface area contributed by atoms with E-state index >= 15 is 0 Å². The van der Waals surface area contributed by atoms with Crippen molar-refractivity contribution in [2.24, 2.45) is 5.92 Å². The fourth-order valence-corrected chi connectivity index (χ4v) is 4.68. The molecule has 0 bridgehead atoms. The van der Waals surface area contributed by atoms with Gasteiger partial charge in [-0.1, -0.05) is 48.5 Å². The molecule has 2 aliphatic heterocycles. The van der Waals surface area contributed by atoms with E-state index < -0.39 is 0 Å². The van der Waals surface area contributed by atoms with Crippen LogP contribution >= 0.6 is 0 Å². The van der Waals surface area contributed by atoms with Crippen LogP contribution < -0.4 is 0 Å². The molecular formula is C24H26N2O3. The first kappa shape index (κ1) is 18.6. The quantitative estimate of drug-likeness (QED) is 0.664. The molecule has 1 N–H and O–H groups in total. The summed E-state index contributed by atoms with van der Waals surface area (Å²) in [4.78, 5) is 19.3. The average molecular weight is 390 g/mol. The summed E-state index contributed by atoms with van der Waals surface area (Å²) in [5.74, 6) is 0.564. The Bertz CT molecular complexity index is 970. The van der Waals surface area contributed by atoms with Gasteiger partial charge in [-0.3, -0.25) is 9.69 Å². The molecule has 1 atom stereocenters. The molecule has 2 aromatic carbocycles. The van der Waals surface area contributed by atoms with Gasteiger partial charge in [0.05, 0.1) is 19.3 Å². The van der Waals surface area contributed by atoms with Crippen molar-refractivity contribution in [1.29, 1.82) is 0 Å². The zero-order valence-corrected chi connectivity index (χ0v) is 16.4. The third-order valence-corrected chi connectivity index (χ3v) is 6.19.